The zero-order valence-corrected chi connectivity index (χ0v) is 12.0. The zero-order chi connectivity index (χ0) is 16.0. The number of hydrogen-bond donors (Lipinski definition) is 0. The molecular formula is C16H15F3N2O. The molecule has 116 valence electrons. The Morgan fingerprint density at radius 3 is 2.68 bits per heavy atom. The van der Waals surface area contributed by atoms with Crippen molar-refractivity contribution in [2.75, 3.05) is 0 Å². The molecule has 0 N–H and O–H groups in total. The summed E-state index contributed by atoms with van der Waals surface area (Å²) in [7, 11) is 0. The summed E-state index contributed by atoms with van der Waals surface area (Å²) < 4.78 is 40.0. The average molecular weight is 308 g/mol. The molecule has 0 radical (unpaired) electrons. The number of halogens is 3. The number of hydrogen-bond acceptors (Lipinski definition) is 2. The highest BCUT2D eigenvalue weighted by molar-refractivity contribution is 5.70. The lowest BCUT2D eigenvalue weighted by Gasteiger charge is -2.35. The molecule has 1 unspecified atom stereocenters. The van der Waals surface area contributed by atoms with E-state index >= 15 is 0 Å². The third kappa shape index (κ3) is 2.14. The fourth-order valence-electron chi connectivity index (χ4n) is 3.25. The molecule has 0 saturated heterocycles. The number of nitrogens with zero attached hydrogens (tertiary/aromatic N) is 2. The molecule has 6 heteroatoms. The van der Waals surface area contributed by atoms with E-state index in [1.807, 2.05) is 12.1 Å². The van der Waals surface area contributed by atoms with Gasteiger partial charge in [0.1, 0.15) is 5.54 Å². The molecule has 0 amide bonds. The van der Waals surface area contributed by atoms with Crippen molar-refractivity contribution in [1.29, 1.82) is 0 Å². The van der Waals surface area contributed by atoms with Crippen molar-refractivity contribution < 1.29 is 18.0 Å². The summed E-state index contributed by atoms with van der Waals surface area (Å²) in [6, 6.07) is 8.37. The Balaban J connectivity index is 2.21. The standard InChI is InChI=1S/C16H15F3N2O/c1-11-9-14(16(17,18)19)20-21(11)15(10-22)8-4-6-12-5-2-3-7-13(12)15/h2-3,5,7,9-10H,4,6,8H2,1H3. The van der Waals surface area contributed by atoms with Crippen molar-refractivity contribution in [3.63, 3.8) is 0 Å². The molecule has 1 aliphatic carbocycles. The van der Waals surface area contributed by atoms with Gasteiger partial charge >= 0.3 is 6.18 Å². The number of aryl methyl sites for hydroxylation is 2. The number of carbonyl (C=O) groups excluding carboxylic acids is 1. The van der Waals surface area contributed by atoms with Gasteiger partial charge in [0.05, 0.1) is 0 Å². The van der Waals surface area contributed by atoms with Gasteiger partial charge in [0.2, 0.25) is 0 Å². The van der Waals surface area contributed by atoms with Crippen LogP contribution in [-0.2, 0) is 22.9 Å². The van der Waals surface area contributed by atoms with Crippen LogP contribution < -0.4 is 0 Å². The van der Waals surface area contributed by atoms with E-state index in [0.29, 0.717) is 12.1 Å². The van der Waals surface area contributed by atoms with E-state index in [9.17, 15) is 18.0 Å². The van der Waals surface area contributed by atoms with Crippen LogP contribution in [0.5, 0.6) is 0 Å². The van der Waals surface area contributed by atoms with Crippen LogP contribution in [0.15, 0.2) is 30.3 Å². The number of aromatic nitrogens is 2. The minimum Gasteiger partial charge on any atom is -0.300 e. The van der Waals surface area contributed by atoms with Crippen LogP contribution in [0.4, 0.5) is 13.2 Å². The molecular weight excluding hydrogens is 293 g/mol. The normalized spacial score (nSPS) is 21.5. The van der Waals surface area contributed by atoms with Gasteiger partial charge in [0, 0.05) is 5.69 Å². The number of fused-ring (bicyclic) bond motifs is 1. The smallest absolute Gasteiger partial charge is 0.300 e. The first-order valence-corrected chi connectivity index (χ1v) is 7.07. The van der Waals surface area contributed by atoms with Gasteiger partial charge in [-0.1, -0.05) is 24.3 Å². The fourth-order valence-corrected chi connectivity index (χ4v) is 3.25. The van der Waals surface area contributed by atoms with Crippen LogP contribution in [0.1, 0.15) is 35.4 Å². The molecule has 0 fully saturated rings. The summed E-state index contributed by atoms with van der Waals surface area (Å²) in [4.78, 5) is 11.9. The Morgan fingerprint density at radius 2 is 2.05 bits per heavy atom. The number of benzene rings is 1. The number of rotatable bonds is 2. The molecule has 1 heterocycles. The van der Waals surface area contributed by atoms with Crippen LogP contribution in [0.2, 0.25) is 0 Å². The summed E-state index contributed by atoms with van der Waals surface area (Å²) in [6.45, 7) is 1.55. The predicted octanol–water partition coefficient (Wildman–Crippen LogP) is 3.49. The highest BCUT2D eigenvalue weighted by Gasteiger charge is 2.42. The van der Waals surface area contributed by atoms with Crippen LogP contribution >= 0.6 is 0 Å². The first-order chi connectivity index (χ1) is 10.4. The van der Waals surface area contributed by atoms with Crippen molar-refractivity contribution in [3.8, 4) is 0 Å². The molecule has 0 aliphatic heterocycles. The molecule has 0 saturated carbocycles. The second kappa shape index (κ2) is 4.97. The highest BCUT2D eigenvalue weighted by atomic mass is 19.4. The van der Waals surface area contributed by atoms with E-state index in [1.54, 1.807) is 19.1 Å². The molecule has 1 aliphatic rings. The minimum atomic E-state index is -4.52. The molecule has 22 heavy (non-hydrogen) atoms. The molecule has 1 aromatic heterocycles. The van der Waals surface area contributed by atoms with E-state index in [4.69, 9.17) is 0 Å². The second-order valence-electron chi connectivity index (χ2n) is 5.63. The van der Waals surface area contributed by atoms with Crippen LogP contribution in [0.3, 0.4) is 0 Å². The van der Waals surface area contributed by atoms with E-state index in [0.717, 1.165) is 36.3 Å². The van der Waals surface area contributed by atoms with Crippen molar-refractivity contribution in [1.82, 2.24) is 9.78 Å². The quantitative estimate of drug-likeness (QED) is 0.796. The monoisotopic (exact) mass is 308 g/mol. The number of carbonyl (C=O) groups is 1. The summed E-state index contributed by atoms with van der Waals surface area (Å²) in [5.41, 5.74) is -0.0477. The van der Waals surface area contributed by atoms with Gasteiger partial charge < -0.3 is 4.79 Å². The first-order valence-electron chi connectivity index (χ1n) is 7.07. The van der Waals surface area contributed by atoms with Crippen molar-refractivity contribution in [2.24, 2.45) is 0 Å². The lowest BCUT2D eigenvalue weighted by atomic mass is 9.77. The zero-order valence-electron chi connectivity index (χ0n) is 12.0. The second-order valence-corrected chi connectivity index (χ2v) is 5.63. The fraction of sp³-hybridized carbons (Fsp3) is 0.375. The van der Waals surface area contributed by atoms with Crippen molar-refractivity contribution in [2.45, 2.75) is 37.9 Å². The molecule has 3 nitrogen and oxygen atoms in total. The third-order valence-electron chi connectivity index (χ3n) is 4.24. The van der Waals surface area contributed by atoms with Crippen molar-refractivity contribution >= 4 is 6.29 Å². The lowest BCUT2D eigenvalue weighted by molar-refractivity contribution is -0.142. The summed E-state index contributed by atoms with van der Waals surface area (Å²) in [5, 5.41) is 3.71. The molecule has 3 rings (SSSR count). The topological polar surface area (TPSA) is 34.9 Å². The summed E-state index contributed by atoms with van der Waals surface area (Å²) in [6.07, 6.45) is -1.79. The third-order valence-corrected chi connectivity index (χ3v) is 4.24. The summed E-state index contributed by atoms with van der Waals surface area (Å²) >= 11 is 0. The van der Waals surface area contributed by atoms with Crippen LogP contribution in [0.25, 0.3) is 0 Å². The van der Waals surface area contributed by atoms with Gasteiger partial charge in [0.15, 0.2) is 12.0 Å². The van der Waals surface area contributed by atoms with Crippen LogP contribution in [-0.4, -0.2) is 16.1 Å². The number of alkyl halides is 3. The molecule has 1 atom stereocenters. The maximum atomic E-state index is 12.9. The van der Waals surface area contributed by atoms with E-state index in [2.05, 4.69) is 5.10 Å². The Bertz CT molecular complexity index is 720. The highest BCUT2D eigenvalue weighted by Crippen LogP contribution is 2.39. The Labute approximate surface area is 125 Å². The average Bonchev–Trinajstić information content (AvgIpc) is 2.89. The van der Waals surface area contributed by atoms with E-state index < -0.39 is 17.4 Å². The molecule has 1 aromatic carbocycles. The van der Waals surface area contributed by atoms with E-state index in [-0.39, 0.29) is 0 Å². The number of aldehydes is 1. The van der Waals surface area contributed by atoms with Gasteiger partial charge in [-0.05, 0) is 43.4 Å². The molecule has 0 bridgehead atoms. The SMILES string of the molecule is Cc1cc(C(F)(F)F)nn1C1(C=O)CCCc2ccccc21. The van der Waals surface area contributed by atoms with Gasteiger partial charge in [-0.2, -0.15) is 18.3 Å². The van der Waals surface area contributed by atoms with E-state index in [1.165, 1.54) is 4.68 Å². The van der Waals surface area contributed by atoms with Gasteiger partial charge in [-0.25, -0.2) is 0 Å². The molecule has 0 spiro atoms. The van der Waals surface area contributed by atoms with Gasteiger partial charge in [-0.3, -0.25) is 4.68 Å². The van der Waals surface area contributed by atoms with Crippen LogP contribution in [0, 0.1) is 6.92 Å². The Hall–Kier alpha value is -2.11. The summed E-state index contributed by atoms with van der Waals surface area (Å²) in [5.74, 6) is 0. The maximum absolute atomic E-state index is 12.9. The largest absolute Gasteiger partial charge is 0.435 e. The minimum absolute atomic E-state index is 0.330. The maximum Gasteiger partial charge on any atom is 0.435 e. The van der Waals surface area contributed by atoms with Crippen molar-refractivity contribution in [3.05, 3.63) is 52.8 Å². The first kappa shape index (κ1) is 14.8. The van der Waals surface area contributed by atoms with Gasteiger partial charge in [0.25, 0.3) is 0 Å². The lowest BCUT2D eigenvalue weighted by Crippen LogP contribution is -2.41. The Kier molecular flexibility index (Phi) is 3.34. The Morgan fingerprint density at radius 1 is 1.32 bits per heavy atom. The molecule has 2 aromatic rings. The predicted molar refractivity (Wildman–Crippen MR) is 74.5 cm³/mol. The van der Waals surface area contributed by atoms with Gasteiger partial charge in [-0.15, -0.1) is 0 Å².